The van der Waals surface area contributed by atoms with Crippen LogP contribution in [0.5, 0.6) is 0 Å². The molecule has 0 bridgehead atoms. The molecule has 3 heterocycles. The van der Waals surface area contributed by atoms with Crippen LogP contribution in [0.1, 0.15) is 5.01 Å². The summed E-state index contributed by atoms with van der Waals surface area (Å²) in [7, 11) is 0. The standard InChI is InChI=1S/C21H22F4N6O5S/c22-14-7-12(30-11-13(36-21(30)34)9-27-19(32)18(24)25)8-15(23)17(14)29-2-3-31(35-5-4-29)20(33)28-10-16-26-1-6-37-16/h1,6-8,13,18H,2-5,9-11H2,(H,27,32)(H,28,33). The third-order valence-corrected chi connectivity index (χ3v) is 6.27. The quantitative estimate of drug-likeness (QED) is 0.511. The minimum Gasteiger partial charge on any atom is -0.442 e. The Morgan fingerprint density at radius 1 is 1.16 bits per heavy atom. The van der Waals surface area contributed by atoms with Gasteiger partial charge in [0.05, 0.1) is 38.5 Å². The SMILES string of the molecule is O=C(NCC1CN(c2cc(F)c(N3CCON(C(=O)NCc4nccs4)CC3)c(F)c2)C(=O)O1)C(F)F. The fraction of sp³-hybridized carbons (Fsp3) is 0.429. The third-order valence-electron chi connectivity index (χ3n) is 5.49. The molecule has 4 amide bonds. The van der Waals surface area contributed by atoms with Crippen molar-refractivity contribution in [2.45, 2.75) is 19.1 Å². The Labute approximate surface area is 211 Å². The number of anilines is 2. The van der Waals surface area contributed by atoms with Crippen molar-refractivity contribution >= 4 is 40.7 Å². The number of cyclic esters (lactones) is 1. The molecule has 2 fully saturated rings. The lowest BCUT2D eigenvalue weighted by Gasteiger charge is -2.24. The summed E-state index contributed by atoms with van der Waals surface area (Å²) in [5.74, 6) is -3.44. The van der Waals surface area contributed by atoms with Crippen LogP contribution in [-0.4, -0.2) is 79.9 Å². The van der Waals surface area contributed by atoms with Crippen LogP contribution in [-0.2, 0) is 20.9 Å². The average Bonchev–Trinajstić information content (AvgIpc) is 3.44. The number of hydrogen-bond acceptors (Lipinski definition) is 8. The minimum absolute atomic E-state index is 0.0181. The van der Waals surface area contributed by atoms with Gasteiger partial charge in [-0.2, -0.15) is 8.78 Å². The molecule has 16 heteroatoms. The van der Waals surface area contributed by atoms with E-state index in [0.29, 0.717) is 5.01 Å². The van der Waals surface area contributed by atoms with Crippen molar-refractivity contribution in [2.24, 2.45) is 0 Å². The maximum atomic E-state index is 15.0. The molecule has 1 aromatic heterocycles. The molecule has 0 radical (unpaired) electrons. The van der Waals surface area contributed by atoms with E-state index in [0.717, 1.165) is 22.1 Å². The van der Waals surface area contributed by atoms with E-state index >= 15 is 8.78 Å². The highest BCUT2D eigenvalue weighted by Gasteiger charge is 2.34. The molecule has 37 heavy (non-hydrogen) atoms. The molecule has 11 nitrogen and oxygen atoms in total. The Kier molecular flexibility index (Phi) is 8.27. The number of aromatic nitrogens is 1. The van der Waals surface area contributed by atoms with Crippen molar-refractivity contribution in [2.75, 3.05) is 49.1 Å². The van der Waals surface area contributed by atoms with E-state index in [2.05, 4.69) is 10.3 Å². The second-order valence-electron chi connectivity index (χ2n) is 7.93. The molecule has 2 N–H and O–H groups in total. The Hall–Kier alpha value is -3.66. The second kappa shape index (κ2) is 11.6. The first-order valence-electron chi connectivity index (χ1n) is 11.1. The maximum absolute atomic E-state index is 15.0. The number of hydrogen-bond donors (Lipinski definition) is 2. The molecule has 2 aromatic rings. The number of amides is 4. The fourth-order valence-corrected chi connectivity index (χ4v) is 4.31. The van der Waals surface area contributed by atoms with E-state index in [1.54, 1.807) is 11.6 Å². The summed E-state index contributed by atoms with van der Waals surface area (Å²) in [4.78, 5) is 47.4. The zero-order valence-electron chi connectivity index (χ0n) is 19.2. The summed E-state index contributed by atoms with van der Waals surface area (Å²) in [6, 6.07) is 1.38. The van der Waals surface area contributed by atoms with Crippen LogP contribution in [0.25, 0.3) is 0 Å². The van der Waals surface area contributed by atoms with Gasteiger partial charge in [-0.05, 0) is 0 Å². The van der Waals surface area contributed by atoms with E-state index in [1.807, 2.05) is 5.32 Å². The minimum atomic E-state index is -3.22. The zero-order valence-corrected chi connectivity index (χ0v) is 20.0. The molecule has 1 unspecified atom stereocenters. The summed E-state index contributed by atoms with van der Waals surface area (Å²) in [5, 5.41) is 8.15. The van der Waals surface area contributed by atoms with Crippen molar-refractivity contribution in [1.29, 1.82) is 0 Å². The van der Waals surface area contributed by atoms with Crippen LogP contribution in [0.2, 0.25) is 0 Å². The molecule has 1 atom stereocenters. The molecule has 0 spiro atoms. The molecule has 2 saturated heterocycles. The predicted molar refractivity (Wildman–Crippen MR) is 122 cm³/mol. The lowest BCUT2D eigenvalue weighted by Crippen LogP contribution is -2.41. The summed E-state index contributed by atoms with van der Waals surface area (Å²) in [6.07, 6.45) is -3.53. The van der Waals surface area contributed by atoms with Gasteiger partial charge in [0.2, 0.25) is 0 Å². The van der Waals surface area contributed by atoms with Crippen LogP contribution in [0.3, 0.4) is 0 Å². The number of nitrogens with one attached hydrogen (secondary N) is 2. The molecule has 2 aliphatic rings. The van der Waals surface area contributed by atoms with Gasteiger partial charge in [0.25, 0.3) is 5.91 Å². The lowest BCUT2D eigenvalue weighted by atomic mass is 10.2. The Bertz CT molecular complexity index is 1120. The summed E-state index contributed by atoms with van der Waals surface area (Å²) in [5.41, 5.74) is -0.494. The van der Waals surface area contributed by atoms with E-state index < -0.39 is 42.2 Å². The monoisotopic (exact) mass is 546 g/mol. The average molecular weight is 547 g/mol. The number of rotatable bonds is 7. The number of ether oxygens (including phenoxy) is 1. The summed E-state index contributed by atoms with van der Waals surface area (Å²) < 4.78 is 59.7. The van der Waals surface area contributed by atoms with E-state index in [9.17, 15) is 23.2 Å². The fourth-order valence-electron chi connectivity index (χ4n) is 3.75. The molecule has 0 aliphatic carbocycles. The second-order valence-corrected chi connectivity index (χ2v) is 8.91. The summed E-state index contributed by atoms with van der Waals surface area (Å²) in [6.45, 7) is -0.219. The summed E-state index contributed by atoms with van der Waals surface area (Å²) >= 11 is 1.38. The van der Waals surface area contributed by atoms with Crippen molar-refractivity contribution in [3.05, 3.63) is 40.4 Å². The highest BCUT2D eigenvalue weighted by Crippen LogP contribution is 2.31. The Morgan fingerprint density at radius 2 is 1.92 bits per heavy atom. The predicted octanol–water partition coefficient (Wildman–Crippen LogP) is 2.09. The van der Waals surface area contributed by atoms with Gasteiger partial charge in [0, 0.05) is 36.8 Å². The van der Waals surface area contributed by atoms with Crippen molar-refractivity contribution < 1.29 is 41.5 Å². The Balaban J connectivity index is 1.37. The number of nitrogens with zero attached hydrogens (tertiary/aromatic N) is 4. The molecular weight excluding hydrogens is 524 g/mol. The number of hydroxylamine groups is 2. The first-order valence-corrected chi connectivity index (χ1v) is 12.0. The van der Waals surface area contributed by atoms with Gasteiger partial charge in [-0.15, -0.1) is 11.3 Å². The third kappa shape index (κ3) is 6.37. The van der Waals surface area contributed by atoms with Gasteiger partial charge in [-0.1, -0.05) is 0 Å². The first kappa shape index (κ1) is 26.4. The van der Waals surface area contributed by atoms with Crippen LogP contribution in [0, 0.1) is 11.6 Å². The smallest absolute Gasteiger partial charge is 0.414 e. The maximum Gasteiger partial charge on any atom is 0.414 e. The van der Waals surface area contributed by atoms with Crippen LogP contribution >= 0.6 is 11.3 Å². The van der Waals surface area contributed by atoms with Gasteiger partial charge < -0.3 is 20.3 Å². The van der Waals surface area contributed by atoms with Gasteiger partial charge in [0.15, 0.2) is 11.6 Å². The zero-order chi connectivity index (χ0) is 26.5. The number of urea groups is 1. The molecule has 0 saturated carbocycles. The normalized spacial score (nSPS) is 18.1. The van der Waals surface area contributed by atoms with Crippen LogP contribution in [0.4, 0.5) is 38.5 Å². The van der Waals surface area contributed by atoms with E-state index in [4.69, 9.17) is 9.57 Å². The molecule has 1 aromatic carbocycles. The van der Waals surface area contributed by atoms with E-state index in [1.165, 1.54) is 16.2 Å². The molecule has 4 rings (SSSR count). The Morgan fingerprint density at radius 3 is 2.59 bits per heavy atom. The number of carbonyl (C=O) groups is 3. The van der Waals surface area contributed by atoms with Crippen LogP contribution < -0.4 is 20.4 Å². The molecule has 200 valence electrons. The van der Waals surface area contributed by atoms with Crippen molar-refractivity contribution in [3.63, 3.8) is 0 Å². The molecular formula is C21H22F4N6O5S. The number of thiazole rings is 1. The number of carbonyl (C=O) groups excluding carboxylic acids is 3. The highest BCUT2D eigenvalue weighted by atomic mass is 32.1. The lowest BCUT2D eigenvalue weighted by molar-refractivity contribution is -0.132. The van der Waals surface area contributed by atoms with Gasteiger partial charge in [-0.25, -0.2) is 28.4 Å². The molecule has 2 aliphatic heterocycles. The number of halogens is 4. The first-order chi connectivity index (χ1) is 17.7. The van der Waals surface area contributed by atoms with Gasteiger partial charge >= 0.3 is 18.5 Å². The van der Waals surface area contributed by atoms with Gasteiger partial charge in [-0.3, -0.25) is 14.5 Å². The number of alkyl halides is 2. The highest BCUT2D eigenvalue weighted by molar-refractivity contribution is 7.09. The van der Waals surface area contributed by atoms with Crippen molar-refractivity contribution in [3.8, 4) is 0 Å². The van der Waals surface area contributed by atoms with Crippen molar-refractivity contribution in [1.82, 2.24) is 20.7 Å². The number of benzene rings is 1. The topological polar surface area (TPSA) is 116 Å². The van der Waals surface area contributed by atoms with Crippen LogP contribution in [0.15, 0.2) is 23.7 Å². The van der Waals surface area contributed by atoms with Gasteiger partial charge in [0.1, 0.15) is 16.8 Å². The van der Waals surface area contributed by atoms with E-state index in [-0.39, 0.29) is 57.3 Å². The largest absolute Gasteiger partial charge is 0.442 e.